The number of hydrogen-bond donors (Lipinski definition) is 1. The van der Waals surface area contributed by atoms with Crippen LogP contribution >= 0.6 is 12.2 Å². The quantitative estimate of drug-likeness (QED) is 0.780. The summed E-state index contributed by atoms with van der Waals surface area (Å²) in [6.07, 6.45) is 0. The molecule has 1 heterocycles. The number of carbonyl (C=O) groups is 1. The first kappa shape index (κ1) is 11.5. The molecule has 0 unspecified atom stereocenters. The molecule has 2 rings (SSSR count). The number of carbonyl (C=O) groups excluding carboxylic acids is 1. The zero-order valence-electron chi connectivity index (χ0n) is 8.97. The molecule has 0 saturated heterocycles. The molecule has 1 aromatic carbocycles. The second kappa shape index (κ2) is 4.14. The fourth-order valence-corrected chi connectivity index (χ4v) is 1.98. The van der Waals surface area contributed by atoms with Crippen molar-refractivity contribution in [2.24, 2.45) is 0 Å². The van der Waals surface area contributed by atoms with Gasteiger partial charge in [-0.05, 0) is 31.3 Å². The maximum atomic E-state index is 12.1. The molecular formula is C11H9N2O3S-. The van der Waals surface area contributed by atoms with Gasteiger partial charge in [-0.1, -0.05) is 12.1 Å². The van der Waals surface area contributed by atoms with Crippen LogP contribution in [0.4, 0.5) is 0 Å². The minimum absolute atomic E-state index is 0.0744. The second-order valence-corrected chi connectivity index (χ2v) is 4.03. The highest BCUT2D eigenvalue weighted by Crippen LogP contribution is 2.09. The highest BCUT2D eigenvalue weighted by molar-refractivity contribution is 7.71. The molecule has 6 heteroatoms. The highest BCUT2D eigenvalue weighted by Gasteiger charge is 2.11. The Morgan fingerprint density at radius 1 is 1.47 bits per heavy atom. The lowest BCUT2D eigenvalue weighted by Gasteiger charge is -2.16. The number of benzene rings is 1. The van der Waals surface area contributed by atoms with Crippen LogP contribution in [-0.2, 0) is 4.79 Å². The van der Waals surface area contributed by atoms with Crippen LogP contribution in [0.15, 0.2) is 29.1 Å². The van der Waals surface area contributed by atoms with Crippen molar-refractivity contribution in [2.75, 3.05) is 0 Å². The molecule has 0 radical (unpaired) electrons. The Morgan fingerprint density at radius 2 is 2.12 bits per heavy atom. The van der Waals surface area contributed by atoms with Crippen molar-refractivity contribution >= 4 is 29.1 Å². The Morgan fingerprint density at radius 3 is 2.76 bits per heavy atom. The molecule has 0 aliphatic rings. The van der Waals surface area contributed by atoms with Crippen LogP contribution in [0.5, 0.6) is 0 Å². The normalized spacial score (nSPS) is 12.5. The number of aliphatic carboxylic acids is 1. The van der Waals surface area contributed by atoms with Gasteiger partial charge in [-0.25, -0.2) is 0 Å². The minimum Gasteiger partial charge on any atom is -0.548 e. The predicted molar refractivity (Wildman–Crippen MR) is 63.1 cm³/mol. The molecule has 1 aromatic heterocycles. The molecule has 88 valence electrons. The first-order chi connectivity index (χ1) is 8.02. The molecule has 0 amide bonds. The monoisotopic (exact) mass is 249 g/mol. The molecule has 0 saturated carbocycles. The summed E-state index contributed by atoms with van der Waals surface area (Å²) in [5, 5.41) is 11.2. The van der Waals surface area contributed by atoms with Gasteiger partial charge in [0.25, 0.3) is 5.56 Å². The summed E-state index contributed by atoms with van der Waals surface area (Å²) < 4.78 is 1.08. The smallest absolute Gasteiger partial charge is 0.262 e. The van der Waals surface area contributed by atoms with Crippen molar-refractivity contribution in [3.8, 4) is 0 Å². The van der Waals surface area contributed by atoms with Gasteiger partial charge in [0, 0.05) is 0 Å². The van der Waals surface area contributed by atoms with Gasteiger partial charge in [-0.2, -0.15) is 0 Å². The van der Waals surface area contributed by atoms with Crippen molar-refractivity contribution in [3.63, 3.8) is 0 Å². The average molecular weight is 249 g/mol. The number of carboxylic acid groups (broad SMARTS) is 1. The summed E-state index contributed by atoms with van der Waals surface area (Å²) >= 11 is 4.98. The fourth-order valence-electron chi connectivity index (χ4n) is 1.63. The van der Waals surface area contributed by atoms with Crippen LogP contribution in [0.25, 0.3) is 10.9 Å². The van der Waals surface area contributed by atoms with Crippen molar-refractivity contribution in [1.82, 2.24) is 9.55 Å². The van der Waals surface area contributed by atoms with Gasteiger partial charge in [0.2, 0.25) is 0 Å². The molecular weight excluding hydrogens is 240 g/mol. The number of nitrogens with zero attached hydrogens (tertiary/aromatic N) is 1. The van der Waals surface area contributed by atoms with E-state index in [1.165, 1.54) is 6.92 Å². The van der Waals surface area contributed by atoms with Gasteiger partial charge in [0.1, 0.15) is 0 Å². The van der Waals surface area contributed by atoms with Gasteiger partial charge in [-0.15, -0.1) is 0 Å². The molecule has 0 bridgehead atoms. The zero-order valence-corrected chi connectivity index (χ0v) is 9.78. The third-order valence-electron chi connectivity index (χ3n) is 2.57. The molecule has 0 fully saturated rings. The van der Waals surface area contributed by atoms with E-state index in [2.05, 4.69) is 4.98 Å². The molecule has 2 aromatic rings. The van der Waals surface area contributed by atoms with Crippen LogP contribution in [0, 0.1) is 4.77 Å². The van der Waals surface area contributed by atoms with E-state index in [0.717, 1.165) is 4.57 Å². The van der Waals surface area contributed by atoms with Crippen molar-refractivity contribution in [3.05, 3.63) is 39.4 Å². The molecule has 0 spiro atoms. The third-order valence-corrected chi connectivity index (χ3v) is 2.86. The van der Waals surface area contributed by atoms with E-state index in [-0.39, 0.29) is 4.77 Å². The number of aromatic amines is 1. The fraction of sp³-hybridized carbons (Fsp3) is 0.182. The standard InChI is InChI=1S/C11H10N2O3S/c1-6(10(15)16)13-9(14)7-4-2-3-5-8(7)12-11(13)17/h2-6H,1H3,(H,12,17)(H,15,16)/p-1/t6-/m1/s1. The van der Waals surface area contributed by atoms with E-state index >= 15 is 0 Å². The number of rotatable bonds is 2. The van der Waals surface area contributed by atoms with Crippen molar-refractivity contribution in [1.29, 1.82) is 0 Å². The Bertz CT molecular complexity index is 702. The van der Waals surface area contributed by atoms with Crippen LogP contribution < -0.4 is 10.7 Å². The number of nitrogens with one attached hydrogen (secondary N) is 1. The third kappa shape index (κ3) is 1.87. The van der Waals surface area contributed by atoms with E-state index in [1.807, 2.05) is 0 Å². The SMILES string of the molecule is C[C@H](C(=O)[O-])n1c(=S)[nH]c2ccccc2c1=O. The Hall–Kier alpha value is -1.95. The number of para-hydroxylation sites is 1. The van der Waals surface area contributed by atoms with Crippen LogP contribution in [0.2, 0.25) is 0 Å². The Kier molecular flexibility index (Phi) is 2.81. The van der Waals surface area contributed by atoms with Gasteiger partial charge in [-0.3, -0.25) is 9.36 Å². The summed E-state index contributed by atoms with van der Waals surface area (Å²) in [6, 6.07) is 5.69. The van der Waals surface area contributed by atoms with Gasteiger partial charge >= 0.3 is 0 Å². The molecule has 1 N–H and O–H groups in total. The first-order valence-electron chi connectivity index (χ1n) is 4.97. The maximum Gasteiger partial charge on any atom is 0.262 e. The van der Waals surface area contributed by atoms with Gasteiger partial charge < -0.3 is 14.9 Å². The summed E-state index contributed by atoms with van der Waals surface area (Å²) in [5.74, 6) is -1.35. The van der Waals surface area contributed by atoms with Gasteiger partial charge in [0.05, 0.1) is 22.9 Å². The summed E-state index contributed by atoms with van der Waals surface area (Å²) in [7, 11) is 0. The number of hydrogen-bond acceptors (Lipinski definition) is 4. The second-order valence-electron chi connectivity index (χ2n) is 3.65. The van der Waals surface area contributed by atoms with Crippen LogP contribution in [0.3, 0.4) is 0 Å². The van der Waals surface area contributed by atoms with Crippen LogP contribution in [-0.4, -0.2) is 15.5 Å². The van der Waals surface area contributed by atoms with Gasteiger partial charge in [0.15, 0.2) is 4.77 Å². The first-order valence-corrected chi connectivity index (χ1v) is 5.37. The predicted octanol–water partition coefficient (Wildman–Crippen LogP) is 0.370. The number of H-pyrrole nitrogens is 1. The molecule has 0 aliphatic carbocycles. The van der Waals surface area contributed by atoms with E-state index in [1.54, 1.807) is 24.3 Å². The summed E-state index contributed by atoms with van der Waals surface area (Å²) in [6.45, 7) is 1.36. The lowest BCUT2D eigenvalue weighted by atomic mass is 10.2. The van der Waals surface area contributed by atoms with E-state index in [0.29, 0.717) is 10.9 Å². The maximum absolute atomic E-state index is 12.1. The lowest BCUT2D eigenvalue weighted by molar-refractivity contribution is -0.309. The molecule has 0 aliphatic heterocycles. The van der Waals surface area contributed by atoms with Crippen molar-refractivity contribution < 1.29 is 9.90 Å². The number of aromatic nitrogens is 2. The Balaban J connectivity index is 2.86. The zero-order chi connectivity index (χ0) is 12.6. The summed E-state index contributed by atoms with van der Waals surface area (Å²) in [4.78, 5) is 25.7. The highest BCUT2D eigenvalue weighted by atomic mass is 32.1. The molecule has 5 nitrogen and oxygen atoms in total. The van der Waals surface area contributed by atoms with Crippen molar-refractivity contribution in [2.45, 2.75) is 13.0 Å². The topological polar surface area (TPSA) is 77.9 Å². The average Bonchev–Trinajstić information content (AvgIpc) is 2.28. The minimum atomic E-state index is -1.35. The lowest BCUT2D eigenvalue weighted by Crippen LogP contribution is -2.37. The van der Waals surface area contributed by atoms with Crippen LogP contribution in [0.1, 0.15) is 13.0 Å². The molecule has 1 atom stereocenters. The summed E-state index contributed by atoms with van der Waals surface area (Å²) in [5.41, 5.74) is 0.158. The number of fused-ring (bicyclic) bond motifs is 1. The Labute approximate surface area is 101 Å². The van der Waals surface area contributed by atoms with E-state index in [4.69, 9.17) is 12.2 Å². The van der Waals surface area contributed by atoms with E-state index < -0.39 is 17.6 Å². The largest absolute Gasteiger partial charge is 0.548 e. The van der Waals surface area contributed by atoms with E-state index in [9.17, 15) is 14.7 Å². The molecule has 17 heavy (non-hydrogen) atoms. The number of carboxylic acids is 1.